The minimum Gasteiger partial charge on any atom is -0.323 e. The molecule has 0 spiro atoms. The molecule has 6 nitrogen and oxygen atoms in total. The molecule has 0 aliphatic rings. The Morgan fingerprint density at radius 3 is 2.52 bits per heavy atom. The molecule has 2 aromatic carbocycles. The number of aromatic nitrogens is 1. The van der Waals surface area contributed by atoms with Gasteiger partial charge in [-0.05, 0) is 29.1 Å². The van der Waals surface area contributed by atoms with Gasteiger partial charge in [0, 0.05) is 36.6 Å². The summed E-state index contributed by atoms with van der Waals surface area (Å²) >= 11 is 0. The first-order valence-corrected chi connectivity index (χ1v) is 10.3. The van der Waals surface area contributed by atoms with Gasteiger partial charge in [-0.2, -0.15) is 0 Å². The van der Waals surface area contributed by atoms with Crippen LogP contribution in [0, 0.1) is 0 Å². The zero-order valence-corrected chi connectivity index (χ0v) is 16.0. The minimum atomic E-state index is -3.72. The van der Waals surface area contributed by atoms with Gasteiger partial charge in [-0.1, -0.05) is 43.3 Å². The summed E-state index contributed by atoms with van der Waals surface area (Å²) in [5.74, 6) is 0.136. The van der Waals surface area contributed by atoms with E-state index in [0.717, 1.165) is 22.0 Å². The summed E-state index contributed by atoms with van der Waals surface area (Å²) < 4.78 is 23.1. The van der Waals surface area contributed by atoms with Crippen molar-refractivity contribution in [2.24, 2.45) is 10.9 Å². The van der Waals surface area contributed by atoms with Gasteiger partial charge in [-0.25, -0.2) is 13.6 Å². The summed E-state index contributed by atoms with van der Waals surface area (Å²) in [4.78, 5) is 4.61. The largest absolute Gasteiger partial charge is 0.323 e. The topological polar surface area (TPSA) is 111 Å². The number of primary sulfonamides is 1. The van der Waals surface area contributed by atoms with Crippen molar-refractivity contribution >= 4 is 20.8 Å². The van der Waals surface area contributed by atoms with Crippen LogP contribution in [0.5, 0.6) is 0 Å². The summed E-state index contributed by atoms with van der Waals surface area (Å²) in [5, 5.41) is 10.4. The lowest BCUT2D eigenvalue weighted by Crippen LogP contribution is -2.29. The molecule has 27 heavy (non-hydrogen) atoms. The molecule has 3 rings (SSSR count). The van der Waals surface area contributed by atoms with Gasteiger partial charge in [0.1, 0.15) is 0 Å². The van der Waals surface area contributed by atoms with E-state index in [0.29, 0.717) is 13.1 Å². The van der Waals surface area contributed by atoms with Gasteiger partial charge < -0.3 is 11.1 Å². The molecule has 1 aromatic heterocycles. The van der Waals surface area contributed by atoms with E-state index in [-0.39, 0.29) is 16.9 Å². The molecule has 0 radical (unpaired) electrons. The monoisotopic (exact) mass is 384 g/mol. The number of hydrogen-bond acceptors (Lipinski definition) is 5. The SMILES string of the molecule is C[C@H](CNC[C@@H](N)c1ccccc1)c1nccc2cc(S(N)(=O)=O)ccc12. The highest BCUT2D eigenvalue weighted by Gasteiger charge is 2.14. The van der Waals surface area contributed by atoms with Crippen LogP contribution in [0.25, 0.3) is 10.8 Å². The van der Waals surface area contributed by atoms with Crippen LogP contribution in [0.1, 0.15) is 30.1 Å². The molecule has 5 N–H and O–H groups in total. The van der Waals surface area contributed by atoms with E-state index in [1.165, 1.54) is 6.07 Å². The Labute approximate surface area is 159 Å². The maximum Gasteiger partial charge on any atom is 0.238 e. The van der Waals surface area contributed by atoms with Crippen LogP contribution < -0.4 is 16.2 Å². The van der Waals surface area contributed by atoms with E-state index in [2.05, 4.69) is 17.2 Å². The number of hydrogen-bond donors (Lipinski definition) is 3. The third kappa shape index (κ3) is 4.70. The van der Waals surface area contributed by atoms with Crippen molar-refractivity contribution in [1.82, 2.24) is 10.3 Å². The highest BCUT2D eigenvalue weighted by Crippen LogP contribution is 2.25. The van der Waals surface area contributed by atoms with Crippen LogP contribution in [0.2, 0.25) is 0 Å². The van der Waals surface area contributed by atoms with Gasteiger partial charge >= 0.3 is 0 Å². The van der Waals surface area contributed by atoms with E-state index in [4.69, 9.17) is 10.9 Å². The molecule has 7 heteroatoms. The molecule has 0 aliphatic heterocycles. The molecule has 0 bridgehead atoms. The fourth-order valence-corrected chi connectivity index (χ4v) is 3.67. The Kier molecular flexibility index (Phi) is 5.86. The fourth-order valence-electron chi connectivity index (χ4n) is 3.12. The highest BCUT2D eigenvalue weighted by molar-refractivity contribution is 7.89. The van der Waals surface area contributed by atoms with E-state index in [9.17, 15) is 8.42 Å². The molecule has 142 valence electrons. The number of nitrogens with one attached hydrogen (secondary N) is 1. The third-order valence-corrected chi connectivity index (χ3v) is 5.52. The number of sulfonamides is 1. The second-order valence-electron chi connectivity index (χ2n) is 6.70. The van der Waals surface area contributed by atoms with Crippen molar-refractivity contribution in [3.05, 3.63) is 72.1 Å². The van der Waals surface area contributed by atoms with Gasteiger partial charge in [0.25, 0.3) is 0 Å². The van der Waals surface area contributed by atoms with Crippen LogP contribution in [0.3, 0.4) is 0 Å². The lowest BCUT2D eigenvalue weighted by Gasteiger charge is -2.17. The standard InChI is InChI=1S/C20H24N4O2S/c1-14(12-23-13-19(21)15-5-3-2-4-6-15)20-18-8-7-17(27(22,25)26)11-16(18)9-10-24-20/h2-11,14,19,23H,12-13,21H2,1H3,(H2,22,25,26)/t14-,19-/m1/s1. The maximum atomic E-state index is 11.6. The molecule has 0 unspecified atom stereocenters. The number of fused-ring (bicyclic) bond motifs is 1. The summed E-state index contributed by atoms with van der Waals surface area (Å²) in [6.07, 6.45) is 1.69. The second kappa shape index (κ2) is 8.14. The number of pyridine rings is 1. The Balaban J connectivity index is 1.71. The predicted molar refractivity (Wildman–Crippen MR) is 108 cm³/mol. The molecule has 0 amide bonds. The second-order valence-corrected chi connectivity index (χ2v) is 8.26. The first kappa shape index (κ1) is 19.4. The Hall–Kier alpha value is -2.32. The third-order valence-electron chi connectivity index (χ3n) is 4.60. The fraction of sp³-hybridized carbons (Fsp3) is 0.250. The van der Waals surface area contributed by atoms with Gasteiger partial charge in [0.2, 0.25) is 10.0 Å². The molecule has 0 saturated heterocycles. The van der Waals surface area contributed by atoms with Crippen LogP contribution in [0.4, 0.5) is 0 Å². The lowest BCUT2D eigenvalue weighted by atomic mass is 10.0. The van der Waals surface area contributed by atoms with Gasteiger partial charge in [0.15, 0.2) is 0 Å². The van der Waals surface area contributed by atoms with E-state index in [1.54, 1.807) is 24.4 Å². The van der Waals surface area contributed by atoms with Gasteiger partial charge in [0.05, 0.1) is 10.6 Å². The summed E-state index contributed by atoms with van der Waals surface area (Å²) in [5.41, 5.74) is 8.23. The quantitative estimate of drug-likeness (QED) is 0.579. The number of nitrogens with two attached hydrogens (primary N) is 2. The molecular formula is C20H24N4O2S. The molecule has 3 aromatic rings. The highest BCUT2D eigenvalue weighted by atomic mass is 32.2. The summed E-state index contributed by atoms with van der Waals surface area (Å²) in [7, 11) is -3.72. The molecule has 0 fully saturated rings. The van der Waals surface area contributed by atoms with Crippen LogP contribution in [-0.2, 0) is 10.0 Å². The van der Waals surface area contributed by atoms with Crippen molar-refractivity contribution < 1.29 is 8.42 Å². The molecule has 2 atom stereocenters. The zero-order valence-electron chi connectivity index (χ0n) is 15.2. The molecule has 0 aliphatic carbocycles. The minimum absolute atomic E-state index is 0.0730. The van der Waals surface area contributed by atoms with E-state index >= 15 is 0 Å². The number of rotatable bonds is 7. The summed E-state index contributed by atoms with van der Waals surface area (Å²) in [6, 6.07) is 16.6. The maximum absolute atomic E-state index is 11.6. The number of benzene rings is 2. The molecule has 1 heterocycles. The lowest BCUT2D eigenvalue weighted by molar-refractivity contribution is 0.559. The van der Waals surface area contributed by atoms with Crippen molar-refractivity contribution in [1.29, 1.82) is 0 Å². The Bertz CT molecular complexity index is 1020. The van der Waals surface area contributed by atoms with Crippen molar-refractivity contribution in [3.63, 3.8) is 0 Å². The summed E-state index contributed by atoms with van der Waals surface area (Å²) in [6.45, 7) is 3.45. The predicted octanol–water partition coefficient (Wildman–Crippen LogP) is 2.28. The molecule has 0 saturated carbocycles. The first-order valence-electron chi connectivity index (χ1n) is 8.79. The van der Waals surface area contributed by atoms with Crippen LogP contribution in [0.15, 0.2) is 65.7 Å². The Morgan fingerprint density at radius 1 is 1.07 bits per heavy atom. The van der Waals surface area contributed by atoms with Crippen molar-refractivity contribution in [2.75, 3.05) is 13.1 Å². The Morgan fingerprint density at radius 2 is 1.81 bits per heavy atom. The average Bonchev–Trinajstić information content (AvgIpc) is 2.66. The zero-order chi connectivity index (χ0) is 19.4. The smallest absolute Gasteiger partial charge is 0.238 e. The van der Waals surface area contributed by atoms with Crippen molar-refractivity contribution in [3.8, 4) is 0 Å². The van der Waals surface area contributed by atoms with Crippen molar-refractivity contribution in [2.45, 2.75) is 23.8 Å². The average molecular weight is 385 g/mol. The van der Waals surface area contributed by atoms with Crippen LogP contribution >= 0.6 is 0 Å². The normalized spacial score (nSPS) is 14.2. The number of nitrogens with zero attached hydrogens (tertiary/aromatic N) is 1. The van der Waals surface area contributed by atoms with Gasteiger partial charge in [-0.3, -0.25) is 4.98 Å². The van der Waals surface area contributed by atoms with E-state index < -0.39 is 10.0 Å². The van der Waals surface area contributed by atoms with Crippen LogP contribution in [-0.4, -0.2) is 26.5 Å². The van der Waals surface area contributed by atoms with E-state index in [1.807, 2.05) is 30.3 Å². The first-order chi connectivity index (χ1) is 12.9. The van der Waals surface area contributed by atoms with Gasteiger partial charge in [-0.15, -0.1) is 0 Å². The molecular weight excluding hydrogens is 360 g/mol.